The number of allylic oxidation sites excluding steroid dienone is 4. The molecule has 3 unspecified atom stereocenters. The van der Waals surface area contributed by atoms with Gasteiger partial charge in [-0.3, -0.25) is 14.4 Å². The van der Waals surface area contributed by atoms with E-state index in [1.165, 1.54) is 0 Å². The average Bonchev–Trinajstić information content (AvgIpc) is 3.03. The number of phenolic OH excluding ortho intramolecular Hbond substituents is 1. The number of hydrogen-bond donors (Lipinski definition) is 1. The van der Waals surface area contributed by atoms with Crippen LogP contribution in [0.4, 0.5) is 0 Å². The molecule has 4 atom stereocenters. The summed E-state index contributed by atoms with van der Waals surface area (Å²) in [4.78, 5) is 40.1. The molecule has 4 bridgehead atoms. The highest BCUT2D eigenvalue weighted by Crippen LogP contribution is 2.68. The third kappa shape index (κ3) is 3.30. The zero-order valence-electron chi connectivity index (χ0n) is 24.1. The molecule has 3 aliphatic carbocycles. The van der Waals surface area contributed by atoms with Gasteiger partial charge in [-0.1, -0.05) is 23.8 Å². The highest BCUT2D eigenvalue weighted by atomic mass is 16.6. The summed E-state index contributed by atoms with van der Waals surface area (Å²) in [6.45, 7) is 13.4. The summed E-state index contributed by atoms with van der Waals surface area (Å²) < 4.78 is 20.2. The molecule has 1 aromatic carbocycles. The molecule has 3 aliphatic heterocycles. The number of carbonyl (C=O) groups is 3. The van der Waals surface area contributed by atoms with E-state index in [-0.39, 0.29) is 41.0 Å². The van der Waals surface area contributed by atoms with Gasteiger partial charge in [0.05, 0.1) is 11.2 Å². The molecular weight excluding hydrogens is 508 g/mol. The molecule has 210 valence electrons. The average molecular weight is 545 g/mol. The van der Waals surface area contributed by atoms with Crippen LogP contribution in [-0.2, 0) is 20.7 Å². The largest absolute Gasteiger partial charge is 0.506 e. The number of aromatic hydroxyl groups is 1. The molecule has 1 N–H and O–H groups in total. The second-order valence-corrected chi connectivity index (χ2v) is 13.1. The van der Waals surface area contributed by atoms with E-state index in [1.807, 2.05) is 53.7 Å². The normalized spacial score (nSPS) is 31.9. The van der Waals surface area contributed by atoms with Crippen molar-refractivity contribution in [2.24, 2.45) is 11.8 Å². The Morgan fingerprint density at radius 3 is 2.48 bits per heavy atom. The molecule has 7 nitrogen and oxygen atoms in total. The molecule has 40 heavy (non-hydrogen) atoms. The molecule has 1 spiro atoms. The number of ketones is 2. The lowest BCUT2D eigenvalue weighted by Crippen LogP contribution is -2.72. The molecule has 1 saturated carbocycles. The van der Waals surface area contributed by atoms with Crippen LogP contribution in [-0.4, -0.2) is 45.4 Å². The van der Waals surface area contributed by atoms with E-state index in [0.29, 0.717) is 40.9 Å². The maximum absolute atomic E-state index is 14.5. The monoisotopic (exact) mass is 544 g/mol. The molecule has 1 saturated heterocycles. The van der Waals surface area contributed by atoms with Crippen molar-refractivity contribution in [2.45, 2.75) is 90.1 Å². The third-order valence-electron chi connectivity index (χ3n) is 9.23. The van der Waals surface area contributed by atoms with Crippen molar-refractivity contribution in [3.63, 3.8) is 0 Å². The van der Waals surface area contributed by atoms with Gasteiger partial charge in [0.2, 0.25) is 0 Å². The number of carbonyl (C=O) groups excluding carboxylic acids is 3. The lowest BCUT2D eigenvalue weighted by molar-refractivity contribution is -0.171. The van der Waals surface area contributed by atoms with Crippen molar-refractivity contribution in [1.29, 1.82) is 0 Å². The maximum atomic E-state index is 14.5. The fraction of sp³-hybridized carbons (Fsp3) is 0.485. The fourth-order valence-electron chi connectivity index (χ4n) is 7.41. The van der Waals surface area contributed by atoms with Crippen molar-refractivity contribution in [3.05, 3.63) is 57.7 Å². The number of benzene rings is 1. The molecule has 7 heteroatoms. The van der Waals surface area contributed by atoms with Gasteiger partial charge < -0.3 is 19.3 Å². The molecule has 3 heterocycles. The molecule has 0 aromatic heterocycles. The van der Waals surface area contributed by atoms with Gasteiger partial charge in [0, 0.05) is 29.4 Å². The Hall–Kier alpha value is -3.45. The highest BCUT2D eigenvalue weighted by Gasteiger charge is 2.81. The maximum Gasteiger partial charge on any atom is 0.200 e. The van der Waals surface area contributed by atoms with Gasteiger partial charge in [-0.25, -0.2) is 0 Å². The second-order valence-electron chi connectivity index (χ2n) is 13.1. The van der Waals surface area contributed by atoms with Crippen molar-refractivity contribution in [1.82, 2.24) is 0 Å². The topological polar surface area (TPSA) is 99.1 Å². The zero-order chi connectivity index (χ0) is 29.0. The summed E-state index contributed by atoms with van der Waals surface area (Å²) in [6.07, 6.45) is 10.8. The van der Waals surface area contributed by atoms with Crippen LogP contribution in [0.15, 0.2) is 41.0 Å². The Morgan fingerprint density at radius 2 is 1.80 bits per heavy atom. The van der Waals surface area contributed by atoms with Crippen LogP contribution in [0.2, 0.25) is 0 Å². The third-order valence-corrected chi connectivity index (χ3v) is 9.23. The molecule has 7 rings (SSSR count). The number of ether oxygens (including phenoxy) is 3. The quantitative estimate of drug-likeness (QED) is 0.292. The van der Waals surface area contributed by atoms with Crippen LogP contribution < -0.4 is 9.47 Å². The first-order chi connectivity index (χ1) is 18.7. The number of Topliss-reactive ketones (excluding diaryl/α,β-unsaturated/α-hetero) is 2. The summed E-state index contributed by atoms with van der Waals surface area (Å²) in [6, 6.07) is 0. The van der Waals surface area contributed by atoms with Crippen LogP contribution in [0.1, 0.15) is 82.8 Å². The minimum atomic E-state index is -1.49. The van der Waals surface area contributed by atoms with Crippen LogP contribution in [0.3, 0.4) is 0 Å². The number of aldehydes is 1. The van der Waals surface area contributed by atoms with Gasteiger partial charge in [-0.2, -0.15) is 0 Å². The summed E-state index contributed by atoms with van der Waals surface area (Å²) >= 11 is 0. The lowest BCUT2D eigenvalue weighted by atomic mass is 9.51. The van der Waals surface area contributed by atoms with Gasteiger partial charge in [0.25, 0.3) is 0 Å². The van der Waals surface area contributed by atoms with E-state index in [1.54, 1.807) is 25.2 Å². The predicted molar refractivity (Wildman–Crippen MR) is 150 cm³/mol. The first kappa shape index (κ1) is 26.8. The Labute approximate surface area is 234 Å². The Morgan fingerprint density at radius 1 is 1.07 bits per heavy atom. The van der Waals surface area contributed by atoms with E-state index in [0.717, 1.165) is 11.9 Å². The predicted octanol–water partition coefficient (Wildman–Crippen LogP) is 5.63. The molecule has 1 aromatic rings. The summed E-state index contributed by atoms with van der Waals surface area (Å²) in [5.41, 5.74) is -1.26. The lowest BCUT2D eigenvalue weighted by Gasteiger charge is -2.56. The first-order valence-electron chi connectivity index (χ1n) is 13.9. The number of hydrogen-bond acceptors (Lipinski definition) is 7. The Balaban J connectivity index is 1.67. The number of fused-ring (bicyclic) bond motifs is 2. The van der Waals surface area contributed by atoms with Crippen LogP contribution in [0, 0.1) is 11.8 Å². The van der Waals surface area contributed by atoms with Crippen molar-refractivity contribution >= 4 is 23.9 Å². The van der Waals surface area contributed by atoms with Gasteiger partial charge >= 0.3 is 0 Å². The summed E-state index contributed by atoms with van der Waals surface area (Å²) in [5, 5.41) is 11.5. The summed E-state index contributed by atoms with van der Waals surface area (Å²) in [7, 11) is 0. The van der Waals surface area contributed by atoms with E-state index < -0.39 is 28.3 Å². The van der Waals surface area contributed by atoms with E-state index in [4.69, 9.17) is 14.2 Å². The van der Waals surface area contributed by atoms with E-state index in [9.17, 15) is 19.5 Å². The molecule has 2 fully saturated rings. The SMILES string of the molecule is CC(C)=CCc1c2c(c(O)c3c1O[C@]14C(=CC5CC1C(C)(C)OC4(C/C=C(/C)C=O)C5=O)C3=O)C=CC(C)(C)O2. The van der Waals surface area contributed by atoms with E-state index in [2.05, 4.69) is 0 Å². The Bertz CT molecular complexity index is 1510. The molecule has 6 aliphatic rings. The number of phenols is 1. The zero-order valence-corrected chi connectivity index (χ0v) is 24.1. The van der Waals surface area contributed by atoms with Gasteiger partial charge in [-0.05, 0) is 79.0 Å². The molecular formula is C33H36O7. The molecule has 0 amide bonds. The highest BCUT2D eigenvalue weighted by molar-refractivity contribution is 6.19. The van der Waals surface area contributed by atoms with Gasteiger partial charge in [0.1, 0.15) is 34.7 Å². The fourth-order valence-corrected chi connectivity index (χ4v) is 7.41. The first-order valence-corrected chi connectivity index (χ1v) is 13.9. The summed E-state index contributed by atoms with van der Waals surface area (Å²) in [5.74, 6) is -0.814. The van der Waals surface area contributed by atoms with Crippen molar-refractivity contribution in [2.75, 3.05) is 0 Å². The minimum Gasteiger partial charge on any atom is -0.506 e. The van der Waals surface area contributed by atoms with Crippen molar-refractivity contribution in [3.8, 4) is 17.2 Å². The second kappa shape index (κ2) is 8.29. The van der Waals surface area contributed by atoms with Crippen molar-refractivity contribution < 1.29 is 33.7 Å². The van der Waals surface area contributed by atoms with Crippen LogP contribution in [0.5, 0.6) is 17.2 Å². The Kier molecular flexibility index (Phi) is 5.54. The number of rotatable bonds is 5. The van der Waals surface area contributed by atoms with Crippen LogP contribution >= 0.6 is 0 Å². The van der Waals surface area contributed by atoms with Gasteiger partial charge in [-0.15, -0.1) is 0 Å². The minimum absolute atomic E-state index is 0.0905. The standard InChI is InChI=1S/C33H36O7/c1-17(2)8-9-21-27-20(11-12-30(4,5)38-27)25(35)24-26(36)22-14-19-15-23-31(6,7)40-32(29(19)37,13-10-18(3)16-34)33(22,23)39-28(21)24/h8,10-12,14,16,19,23,35H,9,13,15H2,1-7H3/b18-10-/t19?,23?,32?,33-/m1/s1. The smallest absolute Gasteiger partial charge is 0.200 e. The van der Waals surface area contributed by atoms with Gasteiger partial charge in [0.15, 0.2) is 22.8 Å². The molecule has 0 radical (unpaired) electrons. The van der Waals surface area contributed by atoms with Crippen LogP contribution in [0.25, 0.3) is 6.08 Å². The van der Waals surface area contributed by atoms with E-state index >= 15 is 0 Å².